The molecule has 3 aromatic carbocycles. The number of piperidine rings is 1. The second-order valence-electron chi connectivity index (χ2n) is 11.7. The first-order valence-corrected chi connectivity index (χ1v) is 16.9. The zero-order valence-electron chi connectivity index (χ0n) is 24.6. The van der Waals surface area contributed by atoms with Crippen LogP contribution in [0.15, 0.2) is 77.0 Å². The lowest BCUT2D eigenvalue weighted by Gasteiger charge is -2.39. The first kappa shape index (κ1) is 28.9. The van der Waals surface area contributed by atoms with Crippen molar-refractivity contribution in [2.75, 3.05) is 19.7 Å². The minimum absolute atomic E-state index is 0.120. The Morgan fingerprint density at radius 3 is 2.62 bits per heavy atom. The molecule has 0 bridgehead atoms. The second-order valence-corrected chi connectivity index (χ2v) is 14.2. The Morgan fingerprint density at radius 1 is 1.02 bits per heavy atom. The molecule has 0 aliphatic carbocycles. The van der Waals surface area contributed by atoms with Crippen LogP contribution in [0.4, 0.5) is 0 Å². The summed E-state index contributed by atoms with van der Waals surface area (Å²) in [4.78, 5) is 5.85. The monoisotopic (exact) mass is 602 g/mol. The third-order valence-electron chi connectivity index (χ3n) is 8.47. The molecule has 1 N–H and O–H groups in total. The number of aryl methyl sites for hydroxylation is 3. The maximum absolute atomic E-state index is 13.4. The molecule has 6 nitrogen and oxygen atoms in total. The maximum Gasteiger partial charge on any atom is 0.297 e. The quantitative estimate of drug-likeness (QED) is 0.175. The van der Waals surface area contributed by atoms with Gasteiger partial charge < -0.3 is 9.72 Å². The molecule has 1 saturated heterocycles. The number of aromatic nitrogens is 1. The van der Waals surface area contributed by atoms with Crippen molar-refractivity contribution in [1.82, 2.24) is 9.88 Å². The van der Waals surface area contributed by atoms with E-state index in [1.807, 2.05) is 38.1 Å². The van der Waals surface area contributed by atoms with Gasteiger partial charge in [-0.2, -0.15) is 8.42 Å². The minimum atomic E-state index is -3.97. The summed E-state index contributed by atoms with van der Waals surface area (Å²) in [5.41, 5.74) is 5.75. The minimum Gasteiger partial charge on any atom is -0.490 e. The molecule has 0 radical (unpaired) electrons. The van der Waals surface area contributed by atoms with Gasteiger partial charge in [-0.3, -0.25) is 9.08 Å². The average molecular weight is 603 g/mol. The molecule has 2 aromatic heterocycles. The lowest BCUT2D eigenvalue weighted by molar-refractivity contribution is 0.0577. The van der Waals surface area contributed by atoms with Crippen molar-refractivity contribution in [3.8, 4) is 5.75 Å². The number of thiophene rings is 1. The molecule has 1 fully saturated rings. The number of rotatable bonds is 9. The molecular weight excluding hydrogens is 565 g/mol. The summed E-state index contributed by atoms with van der Waals surface area (Å²) < 4.78 is 40.2. The van der Waals surface area contributed by atoms with E-state index in [-0.39, 0.29) is 17.5 Å². The van der Waals surface area contributed by atoms with Crippen LogP contribution in [0.1, 0.15) is 48.1 Å². The zero-order chi connectivity index (χ0) is 29.4. The standard InChI is InChI=1S/C34H38N2O4S2/c1-22-8-11-29(12-9-22)42(37,38)40-28(20-39-33-7-5-6-32-31(33)16-24(3)35-32)19-36-15-14-27(17-25(36)4)26-10-13-34-30(18-26)23(2)21-41-34/h5-13,16,18,21,25,27-28,35H,14-15,17,19-20H2,1-4H3/t25?,27?,28-/m0/s1. The van der Waals surface area contributed by atoms with Crippen LogP contribution < -0.4 is 4.74 Å². The SMILES string of the molecule is Cc1ccc(S(=O)(=O)O[C@H](COc2cccc3[nH]c(C)cc23)CN2CCC(c3ccc4scc(C)c4c3)CC2C)cc1. The van der Waals surface area contributed by atoms with E-state index in [9.17, 15) is 8.42 Å². The topological polar surface area (TPSA) is 71.6 Å². The van der Waals surface area contributed by atoms with Crippen LogP contribution in [0.3, 0.4) is 0 Å². The highest BCUT2D eigenvalue weighted by molar-refractivity contribution is 7.86. The van der Waals surface area contributed by atoms with Crippen LogP contribution in [0.5, 0.6) is 5.75 Å². The molecule has 5 aromatic rings. The van der Waals surface area contributed by atoms with Gasteiger partial charge in [0.15, 0.2) is 0 Å². The van der Waals surface area contributed by atoms with Crippen molar-refractivity contribution in [3.63, 3.8) is 0 Å². The fourth-order valence-electron chi connectivity index (χ4n) is 6.11. The third kappa shape index (κ3) is 6.13. The number of aromatic amines is 1. The highest BCUT2D eigenvalue weighted by Gasteiger charge is 2.31. The molecule has 1 aliphatic rings. The molecule has 3 atom stereocenters. The number of H-pyrrole nitrogens is 1. The number of hydrogen-bond donors (Lipinski definition) is 1. The lowest BCUT2D eigenvalue weighted by Crippen LogP contribution is -2.46. The fourth-order valence-corrected chi connectivity index (χ4v) is 8.09. The van der Waals surface area contributed by atoms with E-state index in [0.717, 1.165) is 41.5 Å². The van der Waals surface area contributed by atoms with Crippen LogP contribution in [-0.2, 0) is 14.3 Å². The Kier molecular flexibility index (Phi) is 8.16. The molecule has 2 unspecified atom stereocenters. The largest absolute Gasteiger partial charge is 0.490 e. The van der Waals surface area contributed by atoms with Gasteiger partial charge in [0, 0.05) is 33.9 Å². The van der Waals surface area contributed by atoms with Gasteiger partial charge in [0.2, 0.25) is 0 Å². The molecular formula is C34H38N2O4S2. The van der Waals surface area contributed by atoms with E-state index < -0.39 is 16.2 Å². The van der Waals surface area contributed by atoms with E-state index >= 15 is 0 Å². The summed E-state index contributed by atoms with van der Waals surface area (Å²) in [5.74, 6) is 1.19. The van der Waals surface area contributed by atoms with Crippen molar-refractivity contribution in [2.24, 2.45) is 0 Å². The summed E-state index contributed by atoms with van der Waals surface area (Å²) >= 11 is 1.80. The van der Waals surface area contributed by atoms with E-state index in [1.54, 1.807) is 35.6 Å². The molecule has 42 heavy (non-hydrogen) atoms. The molecule has 0 saturated carbocycles. The summed E-state index contributed by atoms with van der Waals surface area (Å²) in [6, 6.07) is 21.9. The Morgan fingerprint density at radius 2 is 1.83 bits per heavy atom. The van der Waals surface area contributed by atoms with Gasteiger partial charge in [0.1, 0.15) is 18.5 Å². The van der Waals surface area contributed by atoms with E-state index in [2.05, 4.69) is 47.3 Å². The first-order chi connectivity index (χ1) is 20.2. The first-order valence-electron chi connectivity index (χ1n) is 14.6. The molecule has 6 rings (SSSR count). The molecule has 8 heteroatoms. The second kappa shape index (κ2) is 11.8. The summed E-state index contributed by atoms with van der Waals surface area (Å²) in [5, 5.41) is 4.55. The average Bonchev–Trinajstić information content (AvgIpc) is 3.54. The number of fused-ring (bicyclic) bond motifs is 2. The number of likely N-dealkylation sites (tertiary alicyclic amines) is 1. The predicted octanol–water partition coefficient (Wildman–Crippen LogP) is 7.73. The van der Waals surface area contributed by atoms with Crippen LogP contribution in [0.2, 0.25) is 0 Å². The summed E-state index contributed by atoms with van der Waals surface area (Å²) in [6.45, 7) is 9.80. The summed E-state index contributed by atoms with van der Waals surface area (Å²) in [7, 11) is -3.97. The normalized spacial score (nSPS) is 19.0. The lowest BCUT2D eigenvalue weighted by atomic mass is 9.85. The molecule has 1 aliphatic heterocycles. The van der Waals surface area contributed by atoms with E-state index in [1.165, 1.54) is 21.2 Å². The van der Waals surface area contributed by atoms with Crippen LogP contribution in [-0.4, -0.2) is 50.1 Å². The Labute approximate surface area is 252 Å². The van der Waals surface area contributed by atoms with Crippen molar-refractivity contribution < 1.29 is 17.3 Å². The van der Waals surface area contributed by atoms with Gasteiger partial charge in [-0.1, -0.05) is 29.8 Å². The smallest absolute Gasteiger partial charge is 0.297 e. The highest BCUT2D eigenvalue weighted by Crippen LogP contribution is 2.36. The van der Waals surface area contributed by atoms with Crippen LogP contribution >= 0.6 is 11.3 Å². The van der Waals surface area contributed by atoms with E-state index in [4.69, 9.17) is 8.92 Å². The van der Waals surface area contributed by atoms with Gasteiger partial charge >= 0.3 is 0 Å². The van der Waals surface area contributed by atoms with Gasteiger partial charge in [-0.05, 0) is 117 Å². The van der Waals surface area contributed by atoms with Gasteiger partial charge in [0.25, 0.3) is 10.1 Å². The van der Waals surface area contributed by atoms with Gasteiger partial charge in [-0.15, -0.1) is 11.3 Å². The Hall–Kier alpha value is -3.17. The number of ether oxygens (including phenoxy) is 1. The number of hydrogen-bond acceptors (Lipinski definition) is 6. The van der Waals surface area contributed by atoms with E-state index in [0.29, 0.717) is 18.2 Å². The number of benzene rings is 3. The van der Waals surface area contributed by atoms with Gasteiger partial charge in [-0.25, -0.2) is 0 Å². The van der Waals surface area contributed by atoms with Gasteiger partial charge in [0.05, 0.1) is 4.90 Å². The number of nitrogens with one attached hydrogen (secondary N) is 1. The van der Waals surface area contributed by atoms with Crippen molar-refractivity contribution >= 4 is 42.4 Å². The van der Waals surface area contributed by atoms with Crippen molar-refractivity contribution in [2.45, 2.75) is 63.5 Å². The molecule has 3 heterocycles. The van der Waals surface area contributed by atoms with Crippen LogP contribution in [0.25, 0.3) is 21.0 Å². The Bertz CT molecular complexity index is 1810. The van der Waals surface area contributed by atoms with Crippen molar-refractivity contribution in [3.05, 3.63) is 94.5 Å². The van der Waals surface area contributed by atoms with Crippen molar-refractivity contribution in [1.29, 1.82) is 0 Å². The fraction of sp³-hybridized carbons (Fsp3) is 0.353. The Balaban J connectivity index is 1.19. The maximum atomic E-state index is 13.4. The highest BCUT2D eigenvalue weighted by atomic mass is 32.2. The molecule has 0 spiro atoms. The molecule has 220 valence electrons. The zero-order valence-corrected chi connectivity index (χ0v) is 26.2. The summed E-state index contributed by atoms with van der Waals surface area (Å²) in [6.07, 6.45) is 1.35. The molecule has 0 amide bonds. The van der Waals surface area contributed by atoms with Crippen LogP contribution in [0, 0.1) is 20.8 Å². The third-order valence-corrected chi connectivity index (χ3v) is 10.9. The number of nitrogens with zero attached hydrogens (tertiary/aromatic N) is 1. The predicted molar refractivity (Wildman–Crippen MR) is 171 cm³/mol.